The van der Waals surface area contributed by atoms with Crippen molar-refractivity contribution < 1.29 is 36.2 Å². The Hall–Kier alpha value is -2.42. The van der Waals surface area contributed by atoms with Gasteiger partial charge in [0.1, 0.15) is 0 Å². The third-order valence-electron chi connectivity index (χ3n) is 5.25. The molecule has 1 fully saturated rings. The van der Waals surface area contributed by atoms with Crippen LogP contribution < -0.4 is 4.74 Å². The fourth-order valence-corrected chi connectivity index (χ4v) is 3.80. The molecule has 0 radical (unpaired) electrons. The molecule has 0 aliphatic carbocycles. The summed E-state index contributed by atoms with van der Waals surface area (Å²) in [6.07, 6.45) is -7.60. The minimum absolute atomic E-state index is 0.00632. The van der Waals surface area contributed by atoms with Gasteiger partial charge < -0.3 is 9.84 Å². The summed E-state index contributed by atoms with van der Waals surface area (Å²) in [5.74, 6) is 0.304. The van der Waals surface area contributed by atoms with Crippen molar-refractivity contribution in [2.75, 3.05) is 13.7 Å². The zero-order valence-electron chi connectivity index (χ0n) is 16.1. The molecule has 1 aliphatic rings. The first-order valence-corrected chi connectivity index (χ1v) is 9.35. The first kappa shape index (κ1) is 22.3. The number of phenolic OH excluding ortho intramolecular Hbond substituents is 1. The Bertz CT molecular complexity index is 862. The van der Waals surface area contributed by atoms with Crippen LogP contribution in [-0.4, -0.2) is 29.7 Å². The van der Waals surface area contributed by atoms with Gasteiger partial charge in [-0.2, -0.15) is 26.3 Å². The largest absolute Gasteiger partial charge is 0.504 e. The van der Waals surface area contributed by atoms with Gasteiger partial charge in [0, 0.05) is 12.6 Å². The van der Waals surface area contributed by atoms with Crippen LogP contribution in [0.2, 0.25) is 0 Å². The van der Waals surface area contributed by atoms with Crippen LogP contribution >= 0.6 is 0 Å². The Balaban J connectivity index is 1.82. The molecule has 3 rings (SSSR count). The average molecular weight is 433 g/mol. The number of ether oxygens (including phenoxy) is 1. The van der Waals surface area contributed by atoms with Crippen molar-refractivity contribution in [1.29, 1.82) is 0 Å². The first-order chi connectivity index (χ1) is 14.0. The van der Waals surface area contributed by atoms with E-state index >= 15 is 0 Å². The summed E-state index contributed by atoms with van der Waals surface area (Å²) in [6.45, 7) is 0.574. The average Bonchev–Trinajstić information content (AvgIpc) is 3.08. The van der Waals surface area contributed by atoms with Gasteiger partial charge in [0.25, 0.3) is 0 Å². The summed E-state index contributed by atoms with van der Waals surface area (Å²) in [6, 6.07) is 6.58. The number of phenols is 1. The second kappa shape index (κ2) is 8.37. The van der Waals surface area contributed by atoms with Crippen molar-refractivity contribution >= 4 is 0 Å². The van der Waals surface area contributed by atoms with Gasteiger partial charge in [0.05, 0.1) is 18.2 Å². The first-order valence-electron chi connectivity index (χ1n) is 9.35. The molecule has 9 heteroatoms. The van der Waals surface area contributed by atoms with E-state index in [2.05, 4.69) is 0 Å². The summed E-state index contributed by atoms with van der Waals surface area (Å²) in [7, 11) is 1.42. The molecular formula is C21H21F6NO2. The van der Waals surface area contributed by atoms with E-state index in [-0.39, 0.29) is 30.0 Å². The highest BCUT2D eigenvalue weighted by atomic mass is 19.4. The van der Waals surface area contributed by atoms with Crippen molar-refractivity contribution in [3.63, 3.8) is 0 Å². The molecule has 1 heterocycles. The predicted octanol–water partition coefficient (Wildman–Crippen LogP) is 5.65. The van der Waals surface area contributed by atoms with Gasteiger partial charge in [-0.15, -0.1) is 0 Å². The Morgan fingerprint density at radius 3 is 2.17 bits per heavy atom. The van der Waals surface area contributed by atoms with Crippen molar-refractivity contribution in [3.05, 3.63) is 58.7 Å². The van der Waals surface area contributed by atoms with Gasteiger partial charge >= 0.3 is 12.4 Å². The number of aromatic hydroxyl groups is 1. The molecule has 164 valence electrons. The van der Waals surface area contributed by atoms with E-state index < -0.39 is 23.5 Å². The van der Waals surface area contributed by atoms with Gasteiger partial charge in [0.15, 0.2) is 11.5 Å². The third kappa shape index (κ3) is 5.19. The fraction of sp³-hybridized carbons (Fsp3) is 0.429. The molecule has 3 nitrogen and oxygen atoms in total. The summed E-state index contributed by atoms with van der Waals surface area (Å²) in [4.78, 5) is 1.90. The van der Waals surface area contributed by atoms with Crippen molar-refractivity contribution in [2.24, 2.45) is 0 Å². The maximum absolute atomic E-state index is 13.1. The maximum Gasteiger partial charge on any atom is 0.416 e. The van der Waals surface area contributed by atoms with E-state index in [9.17, 15) is 31.4 Å². The number of halogens is 6. The Morgan fingerprint density at radius 1 is 0.967 bits per heavy atom. The Labute approximate surface area is 169 Å². The number of hydrogen-bond acceptors (Lipinski definition) is 3. The van der Waals surface area contributed by atoms with Crippen LogP contribution in [0.4, 0.5) is 26.3 Å². The van der Waals surface area contributed by atoms with Gasteiger partial charge in [-0.1, -0.05) is 6.07 Å². The van der Waals surface area contributed by atoms with Crippen LogP contribution in [-0.2, 0) is 25.3 Å². The number of hydrogen-bond donors (Lipinski definition) is 1. The number of alkyl halides is 6. The molecule has 1 saturated heterocycles. The molecule has 0 unspecified atom stereocenters. The second-order valence-corrected chi connectivity index (χ2v) is 7.39. The van der Waals surface area contributed by atoms with Crippen molar-refractivity contribution in [3.8, 4) is 11.5 Å². The van der Waals surface area contributed by atoms with Crippen LogP contribution in [0.3, 0.4) is 0 Å². The van der Waals surface area contributed by atoms with E-state index in [0.29, 0.717) is 18.7 Å². The number of benzene rings is 2. The third-order valence-corrected chi connectivity index (χ3v) is 5.25. The minimum atomic E-state index is -4.86. The summed E-state index contributed by atoms with van der Waals surface area (Å²) >= 11 is 0. The maximum atomic E-state index is 13.1. The molecule has 1 N–H and O–H groups in total. The zero-order valence-corrected chi connectivity index (χ0v) is 16.1. The fourth-order valence-electron chi connectivity index (χ4n) is 3.80. The van der Waals surface area contributed by atoms with Crippen LogP contribution in [0.15, 0.2) is 36.4 Å². The van der Waals surface area contributed by atoms with Crippen molar-refractivity contribution in [1.82, 2.24) is 4.90 Å². The molecule has 1 atom stereocenters. The summed E-state index contributed by atoms with van der Waals surface area (Å²) in [5, 5.41) is 9.71. The highest BCUT2D eigenvalue weighted by molar-refractivity contribution is 5.42. The standard InChI is InChI=1S/C21H21F6NO2/c1-30-19-10-13(4-5-18(19)29)9-17-3-2-6-28(17)12-14-7-15(20(22,23)24)11-16(8-14)21(25,26)27/h4-5,7-8,10-11,17,29H,2-3,6,9,12H2,1H3/t17-/m1/s1. The number of methoxy groups -OCH3 is 1. The van der Waals surface area contributed by atoms with Crippen LogP contribution in [0.25, 0.3) is 0 Å². The number of likely N-dealkylation sites (tertiary alicyclic amines) is 1. The Morgan fingerprint density at radius 2 is 1.60 bits per heavy atom. The lowest BCUT2D eigenvalue weighted by Gasteiger charge is -2.25. The molecule has 2 aromatic rings. The normalized spacial score (nSPS) is 18.0. The van der Waals surface area contributed by atoms with Gasteiger partial charge in [-0.3, -0.25) is 4.90 Å². The van der Waals surface area contributed by atoms with Crippen LogP contribution in [0.1, 0.15) is 35.1 Å². The SMILES string of the molecule is COc1cc(C[C@H]2CCCN2Cc2cc(C(F)(F)F)cc(C(F)(F)F)c2)ccc1O. The second-order valence-electron chi connectivity index (χ2n) is 7.39. The molecule has 0 saturated carbocycles. The summed E-state index contributed by atoms with van der Waals surface area (Å²) in [5.41, 5.74) is -1.76. The van der Waals surface area contributed by atoms with Gasteiger partial charge in [-0.25, -0.2) is 0 Å². The minimum Gasteiger partial charge on any atom is -0.504 e. The molecule has 1 aliphatic heterocycles. The predicted molar refractivity (Wildman–Crippen MR) is 98.2 cm³/mol. The van der Waals surface area contributed by atoms with Crippen LogP contribution in [0.5, 0.6) is 11.5 Å². The molecular weight excluding hydrogens is 412 g/mol. The molecule has 0 spiro atoms. The molecule has 0 amide bonds. The van der Waals surface area contributed by atoms with E-state index in [1.807, 2.05) is 4.90 Å². The Kier molecular flexibility index (Phi) is 6.21. The number of nitrogens with zero attached hydrogens (tertiary/aromatic N) is 1. The molecule has 30 heavy (non-hydrogen) atoms. The van der Waals surface area contributed by atoms with E-state index in [1.54, 1.807) is 12.1 Å². The molecule has 2 aromatic carbocycles. The quantitative estimate of drug-likeness (QED) is 0.619. The van der Waals surface area contributed by atoms with Crippen molar-refractivity contribution in [2.45, 2.75) is 44.2 Å². The van der Waals surface area contributed by atoms with E-state index in [0.717, 1.165) is 30.5 Å². The van der Waals surface area contributed by atoms with E-state index in [1.165, 1.54) is 13.2 Å². The zero-order chi connectivity index (χ0) is 22.1. The van der Waals surface area contributed by atoms with Gasteiger partial charge in [-0.05, 0) is 67.3 Å². The number of rotatable bonds is 5. The van der Waals surface area contributed by atoms with Crippen LogP contribution in [0, 0.1) is 0 Å². The smallest absolute Gasteiger partial charge is 0.416 e. The lowest BCUT2D eigenvalue weighted by Crippen LogP contribution is -2.31. The lowest BCUT2D eigenvalue weighted by molar-refractivity contribution is -0.143. The highest BCUT2D eigenvalue weighted by Gasteiger charge is 2.37. The summed E-state index contributed by atoms with van der Waals surface area (Å²) < 4.78 is 83.7. The topological polar surface area (TPSA) is 32.7 Å². The highest BCUT2D eigenvalue weighted by Crippen LogP contribution is 2.37. The van der Waals surface area contributed by atoms with Gasteiger partial charge in [0.2, 0.25) is 0 Å². The monoisotopic (exact) mass is 433 g/mol. The molecule has 0 bridgehead atoms. The van der Waals surface area contributed by atoms with E-state index in [4.69, 9.17) is 4.74 Å². The lowest BCUT2D eigenvalue weighted by atomic mass is 10.0. The molecule has 0 aromatic heterocycles.